The summed E-state index contributed by atoms with van der Waals surface area (Å²) in [6.07, 6.45) is 13.5. The number of aliphatic hydroxyl groups excluding tert-OH is 1. The van der Waals surface area contributed by atoms with Crippen LogP contribution in [0.4, 0.5) is 0 Å². The predicted molar refractivity (Wildman–Crippen MR) is 79.1 cm³/mol. The van der Waals surface area contributed by atoms with Gasteiger partial charge >= 0.3 is 0 Å². The Hall–Kier alpha value is -0.0800. The lowest BCUT2D eigenvalue weighted by Gasteiger charge is -2.48. The molecule has 2 heteroatoms. The number of rotatable bonds is 1. The second-order valence-corrected chi connectivity index (χ2v) is 7.65. The molecule has 19 heavy (non-hydrogen) atoms. The normalized spacial score (nSPS) is 40.4. The van der Waals surface area contributed by atoms with E-state index in [9.17, 15) is 5.11 Å². The molecule has 3 fully saturated rings. The second-order valence-electron chi connectivity index (χ2n) is 7.65. The first kappa shape index (κ1) is 13.9. The van der Waals surface area contributed by atoms with Gasteiger partial charge in [-0.05, 0) is 69.4 Å². The quantitative estimate of drug-likeness (QED) is 0.783. The van der Waals surface area contributed by atoms with Gasteiger partial charge in [0.2, 0.25) is 0 Å². The molecule has 0 radical (unpaired) electrons. The number of hydrogen-bond acceptors (Lipinski definition) is 2. The highest BCUT2D eigenvalue weighted by atomic mass is 16.3. The summed E-state index contributed by atoms with van der Waals surface area (Å²) < 4.78 is 0. The van der Waals surface area contributed by atoms with Crippen molar-refractivity contribution in [3.8, 4) is 0 Å². The van der Waals surface area contributed by atoms with Crippen LogP contribution in [0.25, 0.3) is 0 Å². The van der Waals surface area contributed by atoms with Crippen molar-refractivity contribution in [2.75, 3.05) is 13.1 Å². The molecule has 2 aliphatic carbocycles. The van der Waals surface area contributed by atoms with E-state index in [1.54, 1.807) is 0 Å². The zero-order valence-corrected chi connectivity index (χ0v) is 12.6. The van der Waals surface area contributed by atoms with Gasteiger partial charge in [-0.15, -0.1) is 0 Å². The summed E-state index contributed by atoms with van der Waals surface area (Å²) in [7, 11) is 0. The Morgan fingerprint density at radius 1 is 0.947 bits per heavy atom. The van der Waals surface area contributed by atoms with Gasteiger partial charge in [0.05, 0.1) is 6.10 Å². The molecule has 3 atom stereocenters. The first-order valence-electron chi connectivity index (χ1n) is 8.61. The van der Waals surface area contributed by atoms with Crippen molar-refractivity contribution in [3.05, 3.63) is 0 Å². The summed E-state index contributed by atoms with van der Waals surface area (Å²) in [6, 6.07) is 0.463. The molecule has 2 saturated carbocycles. The predicted octanol–water partition coefficient (Wildman–Crippen LogP) is 3.58. The second kappa shape index (κ2) is 5.73. The molecule has 0 bridgehead atoms. The molecule has 3 rings (SSSR count). The Kier molecular flexibility index (Phi) is 4.19. The molecule has 0 aromatic heterocycles. The van der Waals surface area contributed by atoms with E-state index in [2.05, 4.69) is 11.8 Å². The van der Waals surface area contributed by atoms with Gasteiger partial charge in [0.1, 0.15) is 0 Å². The Morgan fingerprint density at radius 3 is 2.32 bits per heavy atom. The molecule has 110 valence electrons. The minimum Gasteiger partial charge on any atom is -0.391 e. The lowest BCUT2D eigenvalue weighted by molar-refractivity contribution is -0.0297. The van der Waals surface area contributed by atoms with E-state index < -0.39 is 0 Å². The molecule has 0 amide bonds. The van der Waals surface area contributed by atoms with Gasteiger partial charge in [-0.3, -0.25) is 4.90 Å². The van der Waals surface area contributed by atoms with Gasteiger partial charge in [0.15, 0.2) is 0 Å². The first-order valence-corrected chi connectivity index (χ1v) is 8.61. The zero-order chi connectivity index (χ0) is 13.3. The number of likely N-dealkylation sites (tertiary alicyclic amines) is 1. The molecular formula is C17H31NO. The minimum atomic E-state index is -0.0587. The fourth-order valence-corrected chi connectivity index (χ4v) is 4.86. The van der Waals surface area contributed by atoms with Crippen molar-refractivity contribution in [2.45, 2.75) is 83.3 Å². The molecule has 1 saturated heterocycles. The highest BCUT2D eigenvalue weighted by Gasteiger charge is 2.39. The smallest absolute Gasteiger partial charge is 0.0695 e. The van der Waals surface area contributed by atoms with E-state index in [4.69, 9.17) is 0 Å². The summed E-state index contributed by atoms with van der Waals surface area (Å²) >= 11 is 0. The van der Waals surface area contributed by atoms with Crippen LogP contribution in [-0.4, -0.2) is 35.2 Å². The Bertz CT molecular complexity index is 288. The van der Waals surface area contributed by atoms with E-state index in [0.717, 1.165) is 12.3 Å². The van der Waals surface area contributed by atoms with Crippen LogP contribution in [-0.2, 0) is 0 Å². The number of nitrogens with zero attached hydrogens (tertiary/aromatic N) is 1. The molecule has 0 aromatic carbocycles. The third-order valence-electron chi connectivity index (χ3n) is 6.29. The van der Waals surface area contributed by atoms with Crippen molar-refractivity contribution in [2.24, 2.45) is 11.3 Å². The molecule has 1 N–H and O–H groups in total. The topological polar surface area (TPSA) is 23.5 Å². The molecule has 3 unspecified atom stereocenters. The van der Waals surface area contributed by atoms with Gasteiger partial charge in [-0.2, -0.15) is 0 Å². The SMILES string of the molecule is CC1CCC(O)C(N2CCC3(CCCCC3)CC2)C1. The lowest BCUT2D eigenvalue weighted by Crippen LogP contribution is -2.52. The maximum atomic E-state index is 10.3. The van der Waals surface area contributed by atoms with Gasteiger partial charge in [-0.1, -0.05) is 26.2 Å². The molecule has 1 spiro atoms. The summed E-state index contributed by atoms with van der Waals surface area (Å²) in [5.41, 5.74) is 0.694. The van der Waals surface area contributed by atoms with Crippen molar-refractivity contribution in [3.63, 3.8) is 0 Å². The summed E-state index contributed by atoms with van der Waals surface area (Å²) in [4.78, 5) is 2.63. The van der Waals surface area contributed by atoms with Gasteiger partial charge in [0.25, 0.3) is 0 Å². The maximum Gasteiger partial charge on any atom is 0.0695 e. The zero-order valence-electron chi connectivity index (χ0n) is 12.6. The van der Waals surface area contributed by atoms with Crippen LogP contribution in [0, 0.1) is 11.3 Å². The number of aliphatic hydroxyl groups is 1. The third kappa shape index (κ3) is 3.00. The number of piperidine rings is 1. The Labute approximate surface area is 118 Å². The standard InChI is InChI=1S/C17H31NO/c1-14-5-6-16(19)15(13-14)18-11-9-17(10-12-18)7-3-2-4-8-17/h14-16,19H,2-13H2,1H3. The Morgan fingerprint density at radius 2 is 1.63 bits per heavy atom. The summed E-state index contributed by atoms with van der Waals surface area (Å²) in [6.45, 7) is 4.84. The largest absolute Gasteiger partial charge is 0.391 e. The van der Waals surface area contributed by atoms with E-state index in [1.165, 1.54) is 70.9 Å². The minimum absolute atomic E-state index is 0.0587. The van der Waals surface area contributed by atoms with E-state index in [1.807, 2.05) is 0 Å². The molecular weight excluding hydrogens is 234 g/mol. The maximum absolute atomic E-state index is 10.3. The van der Waals surface area contributed by atoms with Crippen molar-refractivity contribution < 1.29 is 5.11 Å². The Balaban J connectivity index is 1.57. The fourth-order valence-electron chi connectivity index (χ4n) is 4.86. The third-order valence-corrected chi connectivity index (χ3v) is 6.29. The fraction of sp³-hybridized carbons (Fsp3) is 1.00. The molecule has 1 aliphatic heterocycles. The van der Waals surface area contributed by atoms with Gasteiger partial charge < -0.3 is 5.11 Å². The van der Waals surface area contributed by atoms with Crippen molar-refractivity contribution in [1.29, 1.82) is 0 Å². The van der Waals surface area contributed by atoms with Crippen LogP contribution >= 0.6 is 0 Å². The molecule has 2 nitrogen and oxygen atoms in total. The van der Waals surface area contributed by atoms with Gasteiger partial charge in [0, 0.05) is 6.04 Å². The van der Waals surface area contributed by atoms with Crippen LogP contribution in [0.2, 0.25) is 0 Å². The summed E-state index contributed by atoms with van der Waals surface area (Å²) in [5, 5.41) is 10.3. The van der Waals surface area contributed by atoms with Crippen LogP contribution < -0.4 is 0 Å². The van der Waals surface area contributed by atoms with Crippen molar-refractivity contribution >= 4 is 0 Å². The van der Waals surface area contributed by atoms with Crippen LogP contribution in [0.15, 0.2) is 0 Å². The highest BCUT2D eigenvalue weighted by Crippen LogP contribution is 2.45. The first-order chi connectivity index (χ1) is 9.19. The van der Waals surface area contributed by atoms with Crippen LogP contribution in [0.1, 0.15) is 71.1 Å². The average molecular weight is 265 g/mol. The summed E-state index contributed by atoms with van der Waals surface area (Å²) in [5.74, 6) is 0.805. The molecule has 1 heterocycles. The molecule has 3 aliphatic rings. The van der Waals surface area contributed by atoms with Crippen LogP contribution in [0.5, 0.6) is 0 Å². The average Bonchev–Trinajstić information content (AvgIpc) is 2.44. The monoisotopic (exact) mass is 265 g/mol. The van der Waals surface area contributed by atoms with Crippen LogP contribution in [0.3, 0.4) is 0 Å². The van der Waals surface area contributed by atoms with Crippen molar-refractivity contribution in [1.82, 2.24) is 4.90 Å². The number of hydrogen-bond donors (Lipinski definition) is 1. The van der Waals surface area contributed by atoms with E-state index in [-0.39, 0.29) is 6.10 Å². The lowest BCUT2D eigenvalue weighted by atomic mass is 9.67. The van der Waals surface area contributed by atoms with Gasteiger partial charge in [-0.25, -0.2) is 0 Å². The van der Waals surface area contributed by atoms with E-state index in [0.29, 0.717) is 11.5 Å². The molecule has 0 aromatic rings. The van der Waals surface area contributed by atoms with E-state index >= 15 is 0 Å². The highest BCUT2D eigenvalue weighted by molar-refractivity contribution is 4.93.